The van der Waals surface area contributed by atoms with Gasteiger partial charge in [-0.05, 0) is 34.8 Å². The van der Waals surface area contributed by atoms with Crippen LogP contribution < -0.4 is 11.1 Å². The summed E-state index contributed by atoms with van der Waals surface area (Å²) < 4.78 is 0. The topological polar surface area (TPSA) is 72.2 Å². The van der Waals surface area contributed by atoms with Crippen LogP contribution >= 0.6 is 0 Å². The van der Waals surface area contributed by atoms with E-state index in [2.05, 4.69) is 50.4 Å². The van der Waals surface area contributed by atoms with Crippen LogP contribution in [0.5, 0.6) is 0 Å². The number of rotatable bonds is 6. The van der Waals surface area contributed by atoms with Crippen molar-refractivity contribution >= 4 is 11.8 Å². The lowest BCUT2D eigenvalue weighted by molar-refractivity contribution is -0.129. The first kappa shape index (κ1) is 18.5. The fourth-order valence-electron chi connectivity index (χ4n) is 3.07. The zero-order valence-electron chi connectivity index (χ0n) is 15.4. The average molecular weight is 330 g/mol. The van der Waals surface area contributed by atoms with Gasteiger partial charge in [-0.3, -0.25) is 9.59 Å². The van der Waals surface area contributed by atoms with Gasteiger partial charge in [0.25, 0.3) is 0 Å². The highest BCUT2D eigenvalue weighted by molar-refractivity contribution is 5.89. The lowest BCUT2D eigenvalue weighted by Crippen LogP contribution is -2.48. The van der Waals surface area contributed by atoms with Crippen LogP contribution in [0.25, 0.3) is 0 Å². The molecule has 4 heteroatoms. The molecule has 0 radical (unpaired) electrons. The van der Waals surface area contributed by atoms with Crippen LogP contribution in [0, 0.1) is 11.8 Å². The van der Waals surface area contributed by atoms with E-state index in [1.807, 2.05) is 13.8 Å². The largest absolute Gasteiger partial charge is 0.368 e. The molecule has 2 rings (SSSR count). The first-order valence-electron chi connectivity index (χ1n) is 8.85. The lowest BCUT2D eigenvalue weighted by Gasteiger charge is -2.21. The first-order valence-corrected chi connectivity index (χ1v) is 8.85. The van der Waals surface area contributed by atoms with Crippen molar-refractivity contribution < 1.29 is 9.59 Å². The fourth-order valence-corrected chi connectivity index (χ4v) is 3.07. The number of nitrogens with two attached hydrogens (primary N) is 1. The van der Waals surface area contributed by atoms with Gasteiger partial charge in [0.15, 0.2) is 0 Å². The van der Waals surface area contributed by atoms with Gasteiger partial charge in [-0.25, -0.2) is 0 Å². The van der Waals surface area contributed by atoms with Crippen molar-refractivity contribution in [3.8, 4) is 0 Å². The Bertz CT molecular complexity index is 601. The molecule has 0 saturated heterocycles. The van der Waals surface area contributed by atoms with Gasteiger partial charge in [0.05, 0.1) is 0 Å². The van der Waals surface area contributed by atoms with Crippen molar-refractivity contribution in [1.29, 1.82) is 0 Å². The SMILES string of the molecule is CCC(C)[C@H](NC(=O)[C@@H]1C[C@@H]1c1ccc(C(C)(C)C)cc1)C(N)=O. The maximum absolute atomic E-state index is 12.4. The minimum Gasteiger partial charge on any atom is -0.368 e. The quantitative estimate of drug-likeness (QED) is 0.841. The van der Waals surface area contributed by atoms with Crippen molar-refractivity contribution in [2.24, 2.45) is 17.6 Å². The molecule has 24 heavy (non-hydrogen) atoms. The molecule has 4 nitrogen and oxygen atoms in total. The van der Waals surface area contributed by atoms with Crippen LogP contribution in [0.2, 0.25) is 0 Å². The van der Waals surface area contributed by atoms with Crippen molar-refractivity contribution in [1.82, 2.24) is 5.32 Å². The van der Waals surface area contributed by atoms with Crippen molar-refractivity contribution in [2.45, 2.75) is 64.8 Å². The molecule has 1 fully saturated rings. The molecule has 1 unspecified atom stereocenters. The second-order valence-corrected chi connectivity index (χ2v) is 8.09. The van der Waals surface area contributed by atoms with E-state index in [1.54, 1.807) is 0 Å². The molecular formula is C20H30N2O2. The van der Waals surface area contributed by atoms with E-state index in [1.165, 1.54) is 11.1 Å². The number of nitrogens with one attached hydrogen (secondary N) is 1. The van der Waals surface area contributed by atoms with Gasteiger partial charge in [-0.15, -0.1) is 0 Å². The summed E-state index contributed by atoms with van der Waals surface area (Å²) in [5, 5.41) is 2.85. The number of carbonyl (C=O) groups excluding carboxylic acids is 2. The minimum atomic E-state index is -0.577. The Morgan fingerprint density at radius 3 is 2.29 bits per heavy atom. The smallest absolute Gasteiger partial charge is 0.240 e. The summed E-state index contributed by atoms with van der Waals surface area (Å²) in [7, 11) is 0. The molecule has 1 aliphatic rings. The molecule has 1 aromatic carbocycles. The summed E-state index contributed by atoms with van der Waals surface area (Å²) in [5.41, 5.74) is 8.05. The van der Waals surface area contributed by atoms with Crippen LogP contribution in [-0.2, 0) is 15.0 Å². The summed E-state index contributed by atoms with van der Waals surface area (Å²) in [5.74, 6) is -0.246. The molecule has 1 aliphatic carbocycles. The fraction of sp³-hybridized carbons (Fsp3) is 0.600. The summed E-state index contributed by atoms with van der Waals surface area (Å²) >= 11 is 0. The standard InChI is InChI=1S/C20H30N2O2/c1-6-12(2)17(18(21)23)22-19(24)16-11-15(16)13-7-9-14(10-8-13)20(3,4)5/h7-10,12,15-17H,6,11H2,1-5H3,(H2,21,23)(H,22,24)/t12?,15-,16-,17+/m1/s1. The van der Waals surface area contributed by atoms with E-state index < -0.39 is 11.9 Å². The monoisotopic (exact) mass is 330 g/mol. The molecule has 0 heterocycles. The predicted molar refractivity (Wildman–Crippen MR) is 96.6 cm³/mol. The van der Waals surface area contributed by atoms with E-state index >= 15 is 0 Å². The Kier molecular flexibility index (Phi) is 5.36. The molecule has 132 valence electrons. The van der Waals surface area contributed by atoms with Gasteiger partial charge < -0.3 is 11.1 Å². The minimum absolute atomic E-state index is 0.0450. The number of primary amides is 1. The third kappa shape index (κ3) is 4.16. The lowest BCUT2D eigenvalue weighted by atomic mass is 9.86. The molecule has 1 aromatic rings. The summed E-state index contributed by atoms with van der Waals surface area (Å²) in [6, 6.07) is 7.96. The molecule has 0 aliphatic heterocycles. The molecule has 4 atom stereocenters. The second kappa shape index (κ2) is 6.96. The third-order valence-corrected chi connectivity index (χ3v) is 5.15. The number of benzene rings is 1. The summed E-state index contributed by atoms with van der Waals surface area (Å²) in [6.07, 6.45) is 1.64. The molecule has 0 spiro atoms. The van der Waals surface area contributed by atoms with E-state index in [4.69, 9.17) is 5.73 Å². The van der Waals surface area contributed by atoms with Crippen molar-refractivity contribution in [3.05, 3.63) is 35.4 Å². The summed E-state index contributed by atoms with van der Waals surface area (Å²) in [6.45, 7) is 10.5. The normalized spacial score (nSPS) is 22.5. The molecule has 2 amide bonds. The Morgan fingerprint density at radius 1 is 1.25 bits per heavy atom. The Hall–Kier alpha value is -1.84. The highest BCUT2D eigenvalue weighted by atomic mass is 16.2. The van der Waals surface area contributed by atoms with Crippen molar-refractivity contribution in [2.75, 3.05) is 0 Å². The van der Waals surface area contributed by atoms with Crippen LogP contribution in [0.1, 0.15) is 64.5 Å². The van der Waals surface area contributed by atoms with Crippen LogP contribution in [0.15, 0.2) is 24.3 Å². The number of hydrogen-bond acceptors (Lipinski definition) is 2. The van der Waals surface area contributed by atoms with Crippen LogP contribution in [0.4, 0.5) is 0 Å². The van der Waals surface area contributed by atoms with Crippen molar-refractivity contribution in [3.63, 3.8) is 0 Å². The Balaban J connectivity index is 1.99. The third-order valence-electron chi connectivity index (χ3n) is 5.15. The summed E-state index contributed by atoms with van der Waals surface area (Å²) in [4.78, 5) is 24.0. The molecule has 0 aromatic heterocycles. The second-order valence-electron chi connectivity index (χ2n) is 8.09. The Morgan fingerprint density at radius 2 is 1.83 bits per heavy atom. The van der Waals surface area contributed by atoms with Crippen LogP contribution in [-0.4, -0.2) is 17.9 Å². The Labute approximate surface area is 145 Å². The highest BCUT2D eigenvalue weighted by Gasteiger charge is 2.45. The first-order chi connectivity index (χ1) is 11.1. The average Bonchev–Trinajstić information content (AvgIpc) is 3.31. The maximum atomic E-state index is 12.4. The maximum Gasteiger partial charge on any atom is 0.240 e. The van der Waals surface area contributed by atoms with Gasteiger partial charge >= 0.3 is 0 Å². The molecule has 1 saturated carbocycles. The van der Waals surface area contributed by atoms with Gasteiger partial charge in [-0.2, -0.15) is 0 Å². The molecular weight excluding hydrogens is 300 g/mol. The molecule has 3 N–H and O–H groups in total. The van der Waals surface area contributed by atoms with Gasteiger partial charge in [-0.1, -0.05) is 65.3 Å². The van der Waals surface area contributed by atoms with Gasteiger partial charge in [0.2, 0.25) is 11.8 Å². The number of hydrogen-bond donors (Lipinski definition) is 2. The number of carbonyl (C=O) groups is 2. The zero-order valence-corrected chi connectivity index (χ0v) is 15.4. The highest BCUT2D eigenvalue weighted by Crippen LogP contribution is 2.47. The van der Waals surface area contributed by atoms with E-state index in [0.717, 1.165) is 12.8 Å². The van der Waals surface area contributed by atoms with E-state index in [-0.39, 0.29) is 29.1 Å². The van der Waals surface area contributed by atoms with Crippen LogP contribution in [0.3, 0.4) is 0 Å². The molecule has 0 bridgehead atoms. The predicted octanol–water partition coefficient (Wildman–Crippen LogP) is 3.10. The zero-order chi connectivity index (χ0) is 18.1. The van der Waals surface area contributed by atoms with E-state index in [0.29, 0.717) is 0 Å². The number of amides is 2. The van der Waals surface area contributed by atoms with E-state index in [9.17, 15) is 9.59 Å². The van der Waals surface area contributed by atoms with Gasteiger partial charge in [0.1, 0.15) is 6.04 Å². The van der Waals surface area contributed by atoms with Gasteiger partial charge in [0, 0.05) is 5.92 Å².